The van der Waals surface area contributed by atoms with Crippen molar-refractivity contribution in [2.45, 2.75) is 39.2 Å². The number of nitrogens with zero attached hydrogens (tertiary/aromatic N) is 1. The smallest absolute Gasteiger partial charge is 0.315 e. The van der Waals surface area contributed by atoms with Gasteiger partial charge in [0.2, 0.25) is 0 Å². The van der Waals surface area contributed by atoms with Crippen molar-refractivity contribution in [2.24, 2.45) is 11.8 Å². The molecular weight excluding hydrogens is 427 g/mol. The van der Waals surface area contributed by atoms with Crippen molar-refractivity contribution in [3.63, 3.8) is 0 Å². The topological polar surface area (TPSA) is 56.4 Å². The molecule has 2 amide bonds. The molecule has 3 atom stereocenters. The maximum absolute atomic E-state index is 13.4. The van der Waals surface area contributed by atoms with Gasteiger partial charge in [0.05, 0.1) is 17.4 Å². The molecule has 1 unspecified atom stereocenters. The van der Waals surface area contributed by atoms with Crippen LogP contribution < -0.4 is 21.1 Å². The van der Waals surface area contributed by atoms with E-state index in [0.29, 0.717) is 12.5 Å². The van der Waals surface area contributed by atoms with E-state index in [1.165, 1.54) is 28.9 Å². The van der Waals surface area contributed by atoms with Crippen LogP contribution >= 0.6 is 0 Å². The minimum atomic E-state index is -0.236. The van der Waals surface area contributed by atoms with Gasteiger partial charge in [-0.2, -0.15) is 0 Å². The van der Waals surface area contributed by atoms with Crippen molar-refractivity contribution < 1.29 is 9.18 Å². The third-order valence-electron chi connectivity index (χ3n) is 7.15. The molecule has 1 heterocycles. The summed E-state index contributed by atoms with van der Waals surface area (Å²) in [6, 6.07) is 16.6. The molecule has 3 N–H and O–H groups in total. The van der Waals surface area contributed by atoms with Crippen molar-refractivity contribution >= 4 is 11.7 Å². The van der Waals surface area contributed by atoms with Crippen molar-refractivity contribution in [2.75, 3.05) is 11.6 Å². The number of hydrogen-bond acceptors (Lipinski definition) is 3. The number of urea groups is 1. The SMILES string of the molecule is CCNC(=O)NC(C[C@H]1CCC2=C1[C@@H](C)C1=CNN(c3ccc(F)cc3)C1=C2)c1ccccc1. The van der Waals surface area contributed by atoms with Gasteiger partial charge in [-0.25, -0.2) is 9.18 Å². The number of halogens is 1. The number of anilines is 1. The molecule has 2 aromatic rings. The number of fused-ring (bicyclic) bond motifs is 1. The Bertz CT molecular complexity index is 1150. The maximum Gasteiger partial charge on any atom is 0.315 e. The van der Waals surface area contributed by atoms with Gasteiger partial charge in [-0.1, -0.05) is 42.8 Å². The fraction of sp³-hybridized carbons (Fsp3) is 0.321. The Morgan fingerprint density at radius 2 is 1.94 bits per heavy atom. The van der Waals surface area contributed by atoms with Crippen LogP contribution in [0.5, 0.6) is 0 Å². The summed E-state index contributed by atoms with van der Waals surface area (Å²) >= 11 is 0. The van der Waals surface area contributed by atoms with Crippen LogP contribution in [0.25, 0.3) is 0 Å². The van der Waals surface area contributed by atoms with Crippen LogP contribution in [0.2, 0.25) is 0 Å². The number of carbonyl (C=O) groups is 1. The normalized spacial score (nSPS) is 21.8. The first kappa shape index (κ1) is 22.3. The number of hydrazine groups is 1. The van der Waals surface area contributed by atoms with Gasteiger partial charge in [-0.15, -0.1) is 0 Å². The maximum atomic E-state index is 13.4. The molecule has 0 radical (unpaired) electrons. The molecule has 0 bridgehead atoms. The zero-order valence-corrected chi connectivity index (χ0v) is 19.6. The number of rotatable bonds is 6. The highest BCUT2D eigenvalue weighted by Gasteiger charge is 2.38. The van der Waals surface area contributed by atoms with E-state index in [2.05, 4.69) is 47.4 Å². The fourth-order valence-electron chi connectivity index (χ4n) is 5.58. The minimum Gasteiger partial charge on any atom is -0.338 e. The van der Waals surface area contributed by atoms with E-state index in [9.17, 15) is 9.18 Å². The van der Waals surface area contributed by atoms with E-state index in [0.717, 1.165) is 36.2 Å². The lowest BCUT2D eigenvalue weighted by Gasteiger charge is -2.31. The van der Waals surface area contributed by atoms with Gasteiger partial charge < -0.3 is 16.1 Å². The molecule has 0 spiro atoms. The predicted molar refractivity (Wildman–Crippen MR) is 133 cm³/mol. The van der Waals surface area contributed by atoms with Crippen molar-refractivity contribution in [1.29, 1.82) is 0 Å². The molecule has 34 heavy (non-hydrogen) atoms. The Balaban J connectivity index is 1.41. The highest BCUT2D eigenvalue weighted by molar-refractivity contribution is 5.74. The van der Waals surface area contributed by atoms with E-state index in [1.54, 1.807) is 12.1 Å². The Hall–Kier alpha value is -3.54. The molecule has 176 valence electrons. The molecular formula is C28H31FN4O. The number of nitrogens with one attached hydrogen (secondary N) is 3. The molecule has 0 saturated carbocycles. The van der Waals surface area contributed by atoms with E-state index in [-0.39, 0.29) is 23.8 Å². The summed E-state index contributed by atoms with van der Waals surface area (Å²) in [7, 11) is 0. The monoisotopic (exact) mass is 458 g/mol. The Labute approximate surface area is 200 Å². The van der Waals surface area contributed by atoms with Crippen LogP contribution in [0.4, 0.5) is 14.9 Å². The molecule has 6 heteroatoms. The second kappa shape index (κ2) is 9.37. The van der Waals surface area contributed by atoms with Gasteiger partial charge in [0.1, 0.15) is 5.82 Å². The summed E-state index contributed by atoms with van der Waals surface area (Å²) in [6.45, 7) is 4.80. The highest BCUT2D eigenvalue weighted by Crippen LogP contribution is 2.49. The van der Waals surface area contributed by atoms with Crippen LogP contribution in [0.3, 0.4) is 0 Å². The number of allylic oxidation sites excluding steroid dienone is 4. The second-order valence-electron chi connectivity index (χ2n) is 9.21. The standard InChI is InChI=1S/C28H31FN4O/c1-3-30-28(34)32-25(19-7-5-4-6-8-19)15-20-9-10-21-16-26-24(18(2)27(20)21)17-31-33(26)23-13-11-22(29)12-14-23/h4-8,11-14,16-18,20,25,31H,3,9-10,15H2,1-2H3,(H2,30,32,34)/t18-,20+,25?/m0/s1. The van der Waals surface area contributed by atoms with Crippen LogP contribution in [0.15, 0.2) is 89.3 Å². The van der Waals surface area contributed by atoms with Crippen molar-refractivity contribution in [3.05, 3.63) is 101 Å². The van der Waals surface area contributed by atoms with Gasteiger partial charge in [0.15, 0.2) is 0 Å². The van der Waals surface area contributed by atoms with E-state index in [4.69, 9.17) is 0 Å². The van der Waals surface area contributed by atoms with E-state index in [1.807, 2.05) is 30.1 Å². The van der Waals surface area contributed by atoms with Crippen LogP contribution in [0, 0.1) is 17.7 Å². The number of hydrogen-bond donors (Lipinski definition) is 3. The first-order valence-electron chi connectivity index (χ1n) is 12.1. The highest BCUT2D eigenvalue weighted by atomic mass is 19.1. The molecule has 0 fully saturated rings. The van der Waals surface area contributed by atoms with E-state index < -0.39 is 0 Å². The molecule has 5 nitrogen and oxygen atoms in total. The minimum absolute atomic E-state index is 0.0476. The summed E-state index contributed by atoms with van der Waals surface area (Å²) in [5.41, 5.74) is 10.7. The molecule has 3 aliphatic rings. The average molecular weight is 459 g/mol. The number of carbonyl (C=O) groups excluding carboxylic acids is 1. The third kappa shape index (κ3) is 4.20. The summed E-state index contributed by atoms with van der Waals surface area (Å²) < 4.78 is 13.4. The van der Waals surface area contributed by atoms with Gasteiger partial charge in [-0.05, 0) is 73.6 Å². The average Bonchev–Trinajstić information content (AvgIpc) is 3.45. The van der Waals surface area contributed by atoms with Crippen LogP contribution in [0.1, 0.15) is 44.7 Å². The lowest BCUT2D eigenvalue weighted by molar-refractivity contribution is 0.235. The molecule has 0 saturated heterocycles. The summed E-state index contributed by atoms with van der Waals surface area (Å²) in [5, 5.41) is 8.10. The van der Waals surface area contributed by atoms with Gasteiger partial charge in [0.25, 0.3) is 0 Å². The first-order valence-corrected chi connectivity index (χ1v) is 12.1. The van der Waals surface area contributed by atoms with Crippen LogP contribution in [-0.2, 0) is 0 Å². The van der Waals surface area contributed by atoms with Gasteiger partial charge >= 0.3 is 6.03 Å². The third-order valence-corrected chi connectivity index (χ3v) is 7.15. The molecule has 1 aliphatic heterocycles. The number of benzene rings is 2. The molecule has 5 rings (SSSR count). The quantitative estimate of drug-likeness (QED) is 0.519. The fourth-order valence-corrected chi connectivity index (χ4v) is 5.58. The van der Waals surface area contributed by atoms with Gasteiger partial charge in [-0.3, -0.25) is 5.01 Å². The zero-order valence-electron chi connectivity index (χ0n) is 19.6. The zero-order chi connectivity index (χ0) is 23.7. The predicted octanol–water partition coefficient (Wildman–Crippen LogP) is 5.72. The van der Waals surface area contributed by atoms with Crippen molar-refractivity contribution in [3.8, 4) is 0 Å². The van der Waals surface area contributed by atoms with Crippen LogP contribution in [-0.4, -0.2) is 12.6 Å². The Morgan fingerprint density at radius 1 is 1.18 bits per heavy atom. The molecule has 0 aromatic heterocycles. The first-order chi connectivity index (χ1) is 16.5. The Kier molecular flexibility index (Phi) is 6.14. The summed E-state index contributed by atoms with van der Waals surface area (Å²) in [5.74, 6) is 0.442. The van der Waals surface area contributed by atoms with Gasteiger partial charge in [0, 0.05) is 24.2 Å². The largest absolute Gasteiger partial charge is 0.338 e. The lowest BCUT2D eigenvalue weighted by Crippen LogP contribution is -2.38. The molecule has 2 aromatic carbocycles. The van der Waals surface area contributed by atoms with E-state index >= 15 is 0 Å². The second-order valence-corrected chi connectivity index (χ2v) is 9.21. The van der Waals surface area contributed by atoms with Crippen molar-refractivity contribution in [1.82, 2.24) is 16.1 Å². The molecule has 2 aliphatic carbocycles. The number of amides is 2. The Morgan fingerprint density at radius 3 is 2.68 bits per heavy atom. The summed E-state index contributed by atoms with van der Waals surface area (Å²) in [4.78, 5) is 12.4. The summed E-state index contributed by atoms with van der Waals surface area (Å²) in [6.07, 6.45) is 7.34. The lowest BCUT2D eigenvalue weighted by atomic mass is 9.78.